The van der Waals surface area contributed by atoms with E-state index in [1.807, 2.05) is 47.8 Å². The fraction of sp³-hybridized carbons (Fsp3) is 0.784. The SMILES string of the molecule is CSCC(C)(OC[C@H]1O[C@@H](n2ncc3c(N(C(=O)OC(C)(C)C)C4CCCC4)nc(Cl)nc32)[C@@H]2OC(C)(C)O[C@@H]21)P(C)(C)=O.CSCC(C)(OC[C@H]1O[C@@H](n2ncc3c(NC4CCCC4)nc(Cl)nc32)[C@H](O)[C@@H]1O)P(=O)(O)O.C[Si](C)(C)Br. The van der Waals surface area contributed by atoms with Crippen LogP contribution in [0, 0.1) is 0 Å². The van der Waals surface area contributed by atoms with Crippen molar-refractivity contribution >= 4 is 123 Å². The highest BCUT2D eigenvalue weighted by molar-refractivity contribution is 9.26. The van der Waals surface area contributed by atoms with Crippen LogP contribution in [0.4, 0.5) is 16.4 Å². The predicted molar refractivity (Wildman–Crippen MR) is 330 cm³/mol. The average molecular weight is 1370 g/mol. The third kappa shape index (κ3) is 16.7. The highest BCUT2D eigenvalue weighted by atomic mass is 79.9. The predicted octanol–water partition coefficient (Wildman–Crippen LogP) is 10.2. The van der Waals surface area contributed by atoms with E-state index >= 15 is 0 Å². The molecule has 83 heavy (non-hydrogen) atoms. The van der Waals surface area contributed by atoms with Gasteiger partial charge in [-0.3, -0.25) is 9.46 Å². The van der Waals surface area contributed by atoms with Crippen LogP contribution in [0.2, 0.25) is 30.2 Å². The maximum Gasteiger partial charge on any atom is 0.416 e. The molecule has 7 heterocycles. The number of halogens is 3. The first-order chi connectivity index (χ1) is 38.5. The number of aliphatic hydroxyl groups is 2. The number of hydrogen-bond donors (Lipinski definition) is 5. The van der Waals surface area contributed by atoms with E-state index in [4.69, 9.17) is 56.4 Å². The number of aromatic nitrogens is 8. The molecule has 3 aliphatic heterocycles. The van der Waals surface area contributed by atoms with Gasteiger partial charge >= 0.3 is 13.7 Å². The van der Waals surface area contributed by atoms with Crippen LogP contribution in [0.25, 0.3) is 22.1 Å². The van der Waals surface area contributed by atoms with Gasteiger partial charge in [0, 0.05) is 23.6 Å². The Morgan fingerprint density at radius 3 is 1.86 bits per heavy atom. The standard InChI is InChI=1S/C29H45ClN5O7PS.C19H29ClN5O7PS.C3H9BrSi/c1-27(2,3)42-26(36)34(17-12-10-11-13-17)22-18-14-31-35(23(18)33-25(30)32-22)24-21-20(40-28(4,5)41-21)19(39-24)15-38-29(6,16-44-9)43(7,8)37;1-19(9-34-2,33(28,29)30)31-8-12-13(26)14(27)17(32-12)25-16-11(7-21-25)15(23-18(20)24-16)22-10-5-3-4-6-10;1-5(2,3)4/h14,17,19-21,24H,10-13,15-16H2,1-9H3;7,10,12-14,17,26-27H,3-6,8-9H2,1-2H3,(H,22,23,24)(H2,28,29,30);1-3H3/t19-,20-,21-,24-,29?;12-,13-,14-,17-,19?;/m11./s1. The van der Waals surface area contributed by atoms with Crippen molar-refractivity contribution in [2.24, 2.45) is 0 Å². The van der Waals surface area contributed by atoms with Crippen LogP contribution < -0.4 is 10.2 Å². The molecule has 2 saturated carbocycles. The van der Waals surface area contributed by atoms with E-state index in [2.05, 4.69) is 70.4 Å². The van der Waals surface area contributed by atoms with Crippen LogP contribution in [0.3, 0.4) is 0 Å². The first kappa shape index (κ1) is 68.7. The van der Waals surface area contributed by atoms with Crippen molar-refractivity contribution in [2.45, 2.75) is 203 Å². The molecule has 32 heteroatoms. The van der Waals surface area contributed by atoms with E-state index in [0.29, 0.717) is 39.5 Å². The minimum atomic E-state index is -4.61. The lowest BCUT2D eigenvalue weighted by atomic mass is 10.1. The molecule has 468 valence electrons. The number of fused-ring (bicyclic) bond motifs is 3. The Morgan fingerprint density at radius 1 is 0.795 bits per heavy atom. The molecule has 2 aliphatic carbocycles. The number of ether oxygens (including phenoxy) is 7. The zero-order valence-corrected chi connectivity index (χ0v) is 57.2. The minimum Gasteiger partial charge on any atom is -0.443 e. The van der Waals surface area contributed by atoms with Gasteiger partial charge in [0.15, 0.2) is 40.7 Å². The zero-order valence-electron chi connectivity index (χ0n) is 49.7. The average Bonchev–Trinajstić information content (AvgIpc) is 4.43. The summed E-state index contributed by atoms with van der Waals surface area (Å²) in [4.78, 5) is 52.2. The second-order valence-electron chi connectivity index (χ2n) is 24.7. The van der Waals surface area contributed by atoms with Crippen molar-refractivity contribution in [1.82, 2.24) is 39.5 Å². The second kappa shape index (κ2) is 27.1. The van der Waals surface area contributed by atoms with Crippen molar-refractivity contribution in [3.05, 3.63) is 23.0 Å². The maximum absolute atomic E-state index is 13.6. The van der Waals surface area contributed by atoms with E-state index in [-0.39, 0.29) is 41.6 Å². The van der Waals surface area contributed by atoms with Crippen molar-refractivity contribution in [2.75, 3.05) is 60.8 Å². The second-order valence-corrected chi connectivity index (χ2v) is 44.1. The summed E-state index contributed by atoms with van der Waals surface area (Å²) >= 11 is 19.0. The summed E-state index contributed by atoms with van der Waals surface area (Å²) in [6.45, 7) is 21.6. The largest absolute Gasteiger partial charge is 0.443 e. The molecule has 5 fully saturated rings. The summed E-state index contributed by atoms with van der Waals surface area (Å²) in [6.07, 6.45) is 7.08. The van der Waals surface area contributed by atoms with E-state index in [0.717, 1.165) is 51.4 Å². The van der Waals surface area contributed by atoms with Crippen LogP contribution >= 0.6 is 76.8 Å². The molecule has 5 aliphatic rings. The van der Waals surface area contributed by atoms with E-state index in [1.54, 1.807) is 53.3 Å². The number of nitrogens with zero attached hydrogens (tertiary/aromatic N) is 9. The molecule has 4 aromatic heterocycles. The van der Waals surface area contributed by atoms with E-state index < -0.39 is 98.7 Å². The molecule has 0 bridgehead atoms. The summed E-state index contributed by atoms with van der Waals surface area (Å²) in [5.74, 6) is 0.610. The molecule has 10 atom stereocenters. The number of thioether (sulfide) groups is 2. The molecule has 0 spiro atoms. The Morgan fingerprint density at radius 2 is 1.29 bits per heavy atom. The third-order valence-electron chi connectivity index (χ3n) is 14.7. The first-order valence-electron chi connectivity index (χ1n) is 27.7. The van der Waals surface area contributed by atoms with Gasteiger partial charge in [0.1, 0.15) is 67.2 Å². The monoisotopic (exact) mass is 1360 g/mol. The summed E-state index contributed by atoms with van der Waals surface area (Å²) < 4.78 is 70.8. The van der Waals surface area contributed by atoms with Crippen molar-refractivity contribution in [3.63, 3.8) is 0 Å². The molecular weight excluding hydrogens is 1280 g/mol. The quantitative estimate of drug-likeness (QED) is 0.0268. The summed E-state index contributed by atoms with van der Waals surface area (Å²) in [5.41, 5.74) is 0.0180. The zero-order chi connectivity index (χ0) is 61.4. The number of amides is 1. The molecular formula is C51H83BrCl2N10O14P2S2Si. The topological polar surface area (TPSA) is 299 Å². The smallest absolute Gasteiger partial charge is 0.416 e. The molecule has 5 N–H and O–H groups in total. The van der Waals surface area contributed by atoms with Crippen LogP contribution in [0.15, 0.2) is 12.4 Å². The number of anilines is 2. The van der Waals surface area contributed by atoms with Gasteiger partial charge in [0.25, 0.3) is 0 Å². The maximum atomic E-state index is 13.6. The molecule has 3 saturated heterocycles. The van der Waals surface area contributed by atoms with E-state index in [9.17, 15) is 33.9 Å². The molecule has 0 radical (unpaired) electrons. The van der Waals surface area contributed by atoms with Crippen LogP contribution in [0.1, 0.15) is 112 Å². The normalized spacial score (nSPS) is 26.5. The molecule has 0 aromatic carbocycles. The number of carbonyl (C=O) groups is 1. The van der Waals surface area contributed by atoms with Gasteiger partial charge in [0.2, 0.25) is 10.6 Å². The van der Waals surface area contributed by atoms with Crippen LogP contribution in [-0.4, -0.2) is 194 Å². The summed E-state index contributed by atoms with van der Waals surface area (Å²) in [6, 6.07) is 0.186. The lowest BCUT2D eigenvalue weighted by Crippen LogP contribution is -2.43. The van der Waals surface area contributed by atoms with Gasteiger partial charge in [-0.15, -0.1) is 15.3 Å². The Bertz CT molecular complexity index is 2980. The summed E-state index contributed by atoms with van der Waals surface area (Å²) in [5, 5.41) is 32.1. The molecule has 2 unspecified atom stereocenters. The Balaban J connectivity index is 0.000000227. The molecule has 1 amide bonds. The van der Waals surface area contributed by atoms with Gasteiger partial charge in [-0.05, 0) is 123 Å². The van der Waals surface area contributed by atoms with Gasteiger partial charge < -0.3 is 63.0 Å². The number of hydrogen-bond acceptors (Lipinski definition) is 21. The third-order valence-corrected chi connectivity index (χ3v) is 21.2. The highest BCUT2D eigenvalue weighted by Crippen LogP contribution is 2.55. The van der Waals surface area contributed by atoms with Crippen molar-refractivity contribution in [3.8, 4) is 0 Å². The fourth-order valence-corrected chi connectivity index (χ4v) is 15.2. The van der Waals surface area contributed by atoms with Crippen molar-refractivity contribution in [1.29, 1.82) is 0 Å². The van der Waals surface area contributed by atoms with E-state index in [1.165, 1.54) is 23.4 Å². The fourth-order valence-electron chi connectivity index (χ4n) is 10.3. The van der Waals surface area contributed by atoms with Gasteiger partial charge in [0.05, 0.1) is 36.4 Å². The van der Waals surface area contributed by atoms with Gasteiger partial charge in [-0.25, -0.2) is 14.2 Å². The minimum absolute atomic E-state index is 0.00265. The Labute approximate surface area is 513 Å². The first-order valence-corrected chi connectivity index (χ1v) is 41.2. The molecule has 4 aromatic rings. The Hall–Kier alpha value is -1.79. The van der Waals surface area contributed by atoms with Gasteiger partial charge in [-0.1, -0.05) is 45.3 Å². The van der Waals surface area contributed by atoms with Crippen LogP contribution in [-0.2, 0) is 42.3 Å². The lowest BCUT2D eigenvalue weighted by molar-refractivity contribution is -0.204. The lowest BCUT2D eigenvalue weighted by Gasteiger charge is -2.34. The van der Waals surface area contributed by atoms with Crippen LogP contribution in [0.5, 0.6) is 0 Å². The number of aliphatic hydroxyl groups excluding tert-OH is 2. The Kier molecular flexibility index (Phi) is 22.4. The number of rotatable bonds is 18. The highest BCUT2D eigenvalue weighted by Gasteiger charge is 2.57. The molecule has 9 rings (SSSR count). The summed E-state index contributed by atoms with van der Waals surface area (Å²) in [7, 11) is -7.24. The molecule has 24 nitrogen and oxygen atoms in total. The number of nitrogens with one attached hydrogen (secondary N) is 1. The van der Waals surface area contributed by atoms with Gasteiger partial charge in [-0.2, -0.15) is 53.7 Å². The van der Waals surface area contributed by atoms with Crippen molar-refractivity contribution < 1.29 is 67.1 Å². The number of carbonyl (C=O) groups excluding carboxylic acids is 1.